The number of alkyl halides is 3. The Morgan fingerprint density at radius 1 is 1.20 bits per heavy atom. The van der Waals surface area contributed by atoms with E-state index in [1.54, 1.807) is 0 Å². The summed E-state index contributed by atoms with van der Waals surface area (Å²) in [7, 11) is -4.02. The quantitative estimate of drug-likeness (QED) is 0.880. The van der Waals surface area contributed by atoms with Gasteiger partial charge in [-0.15, -0.1) is 0 Å². The van der Waals surface area contributed by atoms with Gasteiger partial charge in [0.1, 0.15) is 0 Å². The third-order valence-electron chi connectivity index (χ3n) is 5.00. The maximum atomic E-state index is 13.4. The molecule has 25 heavy (non-hydrogen) atoms. The summed E-state index contributed by atoms with van der Waals surface area (Å²) in [6.07, 6.45) is -1.86. The number of pyridine rings is 1. The van der Waals surface area contributed by atoms with Crippen molar-refractivity contribution in [3.05, 3.63) is 36.2 Å². The van der Waals surface area contributed by atoms with Crippen LogP contribution in [-0.4, -0.2) is 43.4 Å². The smallest absolute Gasteiger partial charge is 0.312 e. The van der Waals surface area contributed by atoms with Gasteiger partial charge in [-0.05, 0) is 24.9 Å². The molecule has 1 N–H and O–H groups in total. The van der Waals surface area contributed by atoms with Gasteiger partial charge in [-0.25, -0.2) is 8.42 Å². The summed E-state index contributed by atoms with van der Waals surface area (Å²) >= 11 is 0. The average Bonchev–Trinajstić information content (AvgIpc) is 3.14. The van der Waals surface area contributed by atoms with Gasteiger partial charge in [0.15, 0.2) is 0 Å². The van der Waals surface area contributed by atoms with Gasteiger partial charge < -0.3 is 5.32 Å². The number of hydrogen-bond acceptors (Lipinski definition) is 4. The van der Waals surface area contributed by atoms with E-state index in [4.69, 9.17) is 0 Å². The average molecular weight is 371 g/mol. The van der Waals surface area contributed by atoms with Crippen LogP contribution in [-0.2, 0) is 16.2 Å². The summed E-state index contributed by atoms with van der Waals surface area (Å²) in [4.78, 5) is 3.30. The van der Waals surface area contributed by atoms with Gasteiger partial charge in [-0.3, -0.25) is 4.98 Å². The van der Waals surface area contributed by atoms with Crippen LogP contribution in [0.25, 0.3) is 10.8 Å². The van der Waals surface area contributed by atoms with Crippen LogP contribution < -0.4 is 5.32 Å². The van der Waals surface area contributed by atoms with Crippen LogP contribution in [0, 0.1) is 5.92 Å². The fourth-order valence-electron chi connectivity index (χ4n) is 3.78. The Kier molecular flexibility index (Phi) is 3.78. The van der Waals surface area contributed by atoms with Gasteiger partial charge in [0.2, 0.25) is 10.0 Å². The van der Waals surface area contributed by atoms with E-state index in [9.17, 15) is 21.6 Å². The van der Waals surface area contributed by atoms with Crippen LogP contribution in [0.3, 0.4) is 0 Å². The number of sulfonamides is 1. The maximum Gasteiger partial charge on any atom is 0.418 e. The largest absolute Gasteiger partial charge is 0.418 e. The third kappa shape index (κ3) is 2.70. The highest BCUT2D eigenvalue weighted by Crippen LogP contribution is 2.39. The van der Waals surface area contributed by atoms with Gasteiger partial charge in [0, 0.05) is 42.3 Å². The van der Waals surface area contributed by atoms with Gasteiger partial charge in [0.25, 0.3) is 0 Å². The molecule has 0 aliphatic carbocycles. The molecule has 4 rings (SSSR count). The predicted octanol–water partition coefficient (Wildman–Crippen LogP) is 2.24. The predicted molar refractivity (Wildman–Crippen MR) is 85.4 cm³/mol. The van der Waals surface area contributed by atoms with Crippen LogP contribution in [0.1, 0.15) is 12.0 Å². The van der Waals surface area contributed by atoms with Crippen molar-refractivity contribution in [2.24, 2.45) is 5.92 Å². The van der Waals surface area contributed by atoms with Crippen LogP contribution in [0.15, 0.2) is 35.5 Å². The number of rotatable bonds is 2. The summed E-state index contributed by atoms with van der Waals surface area (Å²) in [6.45, 7) is 1.47. The van der Waals surface area contributed by atoms with E-state index in [0.29, 0.717) is 12.7 Å². The van der Waals surface area contributed by atoms with Crippen molar-refractivity contribution in [3.8, 4) is 0 Å². The molecule has 2 saturated heterocycles. The van der Waals surface area contributed by atoms with E-state index >= 15 is 0 Å². The normalized spacial score (nSPS) is 24.8. The fourth-order valence-corrected chi connectivity index (χ4v) is 5.53. The molecule has 0 unspecified atom stereocenters. The highest BCUT2D eigenvalue weighted by molar-refractivity contribution is 7.89. The molecule has 2 aromatic rings. The standard InChI is InChI=1S/C16H16F3N3O2S/c17-16(18,19)12-7-20-6-10-2-1-3-14(15(10)12)25(23,24)22-8-11-4-5-21-13(11)9-22/h1-3,6-7,11,13,21H,4-5,8-9H2/t11-,13+/m0/s1. The van der Waals surface area contributed by atoms with Crippen LogP contribution in [0.5, 0.6) is 0 Å². The van der Waals surface area contributed by atoms with Crippen molar-refractivity contribution in [1.82, 2.24) is 14.6 Å². The molecular formula is C16H16F3N3O2S. The van der Waals surface area contributed by atoms with Crippen molar-refractivity contribution in [3.63, 3.8) is 0 Å². The summed E-state index contributed by atoms with van der Waals surface area (Å²) in [5.74, 6) is 0.216. The first-order chi connectivity index (χ1) is 11.8. The molecule has 2 aliphatic heterocycles. The molecule has 0 spiro atoms. The van der Waals surface area contributed by atoms with Crippen molar-refractivity contribution < 1.29 is 21.6 Å². The Morgan fingerprint density at radius 2 is 2.00 bits per heavy atom. The lowest BCUT2D eigenvalue weighted by Gasteiger charge is -2.20. The lowest BCUT2D eigenvalue weighted by atomic mass is 10.1. The summed E-state index contributed by atoms with van der Waals surface area (Å²) in [5, 5.41) is 3.10. The molecule has 0 radical (unpaired) electrons. The summed E-state index contributed by atoms with van der Waals surface area (Å²) in [5.41, 5.74) is -1.03. The van der Waals surface area contributed by atoms with E-state index in [-0.39, 0.29) is 34.2 Å². The number of benzene rings is 1. The molecule has 1 aromatic heterocycles. The Balaban J connectivity index is 1.86. The minimum Gasteiger partial charge on any atom is -0.312 e. The molecule has 9 heteroatoms. The molecule has 2 aliphatic rings. The number of halogens is 3. The van der Waals surface area contributed by atoms with Crippen molar-refractivity contribution >= 4 is 20.8 Å². The molecule has 2 atom stereocenters. The second kappa shape index (κ2) is 5.65. The SMILES string of the molecule is O=S(=O)(c1cccc2cncc(C(F)(F)F)c12)N1C[C@@H]2CCN[C@@H]2C1. The van der Waals surface area contributed by atoms with Crippen molar-refractivity contribution in [2.45, 2.75) is 23.5 Å². The first kappa shape index (κ1) is 16.7. The third-order valence-corrected chi connectivity index (χ3v) is 6.87. The first-order valence-electron chi connectivity index (χ1n) is 7.96. The Hall–Kier alpha value is -1.71. The van der Waals surface area contributed by atoms with Crippen LogP contribution >= 0.6 is 0 Å². The molecule has 134 valence electrons. The first-order valence-corrected chi connectivity index (χ1v) is 9.40. The van der Waals surface area contributed by atoms with Crippen molar-refractivity contribution in [2.75, 3.05) is 19.6 Å². The van der Waals surface area contributed by atoms with Gasteiger partial charge in [-0.2, -0.15) is 17.5 Å². The maximum absolute atomic E-state index is 13.4. The lowest BCUT2D eigenvalue weighted by molar-refractivity contribution is -0.136. The van der Waals surface area contributed by atoms with Gasteiger partial charge in [0.05, 0.1) is 10.5 Å². The van der Waals surface area contributed by atoms with Gasteiger partial charge >= 0.3 is 6.18 Å². The number of nitrogens with zero attached hydrogens (tertiary/aromatic N) is 2. The second-order valence-corrected chi connectivity index (χ2v) is 8.38. The lowest BCUT2D eigenvalue weighted by Crippen LogP contribution is -2.34. The number of aromatic nitrogens is 1. The number of nitrogens with one attached hydrogen (secondary N) is 1. The van der Waals surface area contributed by atoms with Crippen molar-refractivity contribution in [1.29, 1.82) is 0 Å². The topological polar surface area (TPSA) is 62.3 Å². The fraction of sp³-hybridized carbons (Fsp3) is 0.438. The van der Waals surface area contributed by atoms with E-state index in [0.717, 1.165) is 13.0 Å². The highest BCUT2D eigenvalue weighted by Gasteiger charge is 2.43. The molecule has 0 bridgehead atoms. The molecule has 3 heterocycles. The van der Waals surface area contributed by atoms with Crippen LogP contribution in [0.2, 0.25) is 0 Å². The van der Waals surface area contributed by atoms with Crippen LogP contribution in [0.4, 0.5) is 13.2 Å². The Morgan fingerprint density at radius 3 is 2.72 bits per heavy atom. The summed E-state index contributed by atoms with van der Waals surface area (Å²) in [6, 6.07) is 4.21. The minimum atomic E-state index is -4.68. The molecule has 5 nitrogen and oxygen atoms in total. The zero-order valence-electron chi connectivity index (χ0n) is 13.1. The van der Waals surface area contributed by atoms with E-state index < -0.39 is 21.8 Å². The van der Waals surface area contributed by atoms with Gasteiger partial charge in [-0.1, -0.05) is 12.1 Å². The zero-order valence-corrected chi connectivity index (χ0v) is 13.9. The molecule has 1 aromatic carbocycles. The Bertz CT molecular complexity index is 913. The molecule has 0 amide bonds. The van der Waals surface area contributed by atoms with E-state index in [1.165, 1.54) is 28.7 Å². The molecular weight excluding hydrogens is 355 g/mol. The van der Waals surface area contributed by atoms with E-state index in [2.05, 4.69) is 10.3 Å². The monoisotopic (exact) mass is 371 g/mol. The Labute approximate surface area is 142 Å². The second-order valence-electron chi connectivity index (χ2n) is 6.47. The minimum absolute atomic E-state index is 0.0773. The van der Waals surface area contributed by atoms with E-state index in [1.807, 2.05) is 0 Å². The zero-order chi connectivity index (χ0) is 17.8. The molecule has 0 saturated carbocycles. The molecule has 2 fully saturated rings. The number of fused-ring (bicyclic) bond motifs is 2. The highest BCUT2D eigenvalue weighted by atomic mass is 32.2. The number of hydrogen-bond donors (Lipinski definition) is 1. The summed E-state index contributed by atoms with van der Waals surface area (Å²) < 4.78 is 67.6.